The number of hydrogen-bond acceptors (Lipinski definition) is 4. The van der Waals surface area contributed by atoms with Gasteiger partial charge in [0.2, 0.25) is 0 Å². The van der Waals surface area contributed by atoms with Crippen LogP contribution in [0.15, 0.2) is 0 Å². The molecule has 0 aliphatic rings. The molecule has 4 nitrogen and oxygen atoms in total. The van der Waals surface area contributed by atoms with Crippen molar-refractivity contribution in [3.63, 3.8) is 0 Å². The van der Waals surface area contributed by atoms with Gasteiger partial charge in [0.15, 0.2) is 0 Å². The van der Waals surface area contributed by atoms with Crippen LogP contribution in [-0.2, 0) is 9.53 Å². The molecule has 0 saturated carbocycles. The first-order valence-electron chi connectivity index (χ1n) is 6.38. The number of carbonyl (C=O) groups is 1. The second-order valence-corrected chi connectivity index (χ2v) is 4.94. The monoisotopic (exact) mass is 244 g/mol. The molecule has 0 aromatic heterocycles. The zero-order valence-electron chi connectivity index (χ0n) is 12.2. The molecule has 4 heteroatoms. The smallest absolute Gasteiger partial charge is 0.325 e. The van der Waals surface area contributed by atoms with E-state index in [1.54, 1.807) is 7.05 Å². The number of esters is 1. The lowest BCUT2D eigenvalue weighted by molar-refractivity contribution is -0.148. The van der Waals surface area contributed by atoms with Crippen LogP contribution in [0.4, 0.5) is 0 Å². The van der Waals surface area contributed by atoms with Crippen molar-refractivity contribution in [1.82, 2.24) is 10.2 Å². The number of methoxy groups -OCH3 is 1. The maximum atomic E-state index is 11.7. The molecular formula is C13H28N2O2. The SMILES string of the molecule is CCCC(C)N(C)CCC(C)(NC)C(=O)OC. The second kappa shape index (κ2) is 7.67. The van der Waals surface area contributed by atoms with Crippen LogP contribution in [-0.4, -0.2) is 50.2 Å². The van der Waals surface area contributed by atoms with Crippen LogP contribution in [0.2, 0.25) is 0 Å². The van der Waals surface area contributed by atoms with E-state index in [1.165, 1.54) is 20.0 Å². The fourth-order valence-corrected chi connectivity index (χ4v) is 1.81. The van der Waals surface area contributed by atoms with E-state index < -0.39 is 5.54 Å². The molecule has 17 heavy (non-hydrogen) atoms. The molecule has 0 aliphatic heterocycles. The Kier molecular flexibility index (Phi) is 7.39. The maximum Gasteiger partial charge on any atom is 0.325 e. The number of rotatable bonds is 8. The molecule has 2 atom stereocenters. The standard InChI is InChI=1S/C13H28N2O2/c1-7-8-11(2)15(5)10-9-13(3,14-4)12(16)17-6/h11,14H,7-10H2,1-6H3. The highest BCUT2D eigenvalue weighted by atomic mass is 16.5. The van der Waals surface area contributed by atoms with Crippen molar-refractivity contribution < 1.29 is 9.53 Å². The third-order valence-corrected chi connectivity index (χ3v) is 3.61. The van der Waals surface area contributed by atoms with Crippen LogP contribution < -0.4 is 5.32 Å². The summed E-state index contributed by atoms with van der Waals surface area (Å²) in [5, 5.41) is 3.05. The highest BCUT2D eigenvalue weighted by Gasteiger charge is 2.32. The predicted molar refractivity (Wildman–Crippen MR) is 71.1 cm³/mol. The molecule has 102 valence electrons. The minimum atomic E-state index is -0.588. The van der Waals surface area contributed by atoms with E-state index in [-0.39, 0.29) is 5.97 Å². The summed E-state index contributed by atoms with van der Waals surface area (Å²) in [4.78, 5) is 14.0. The largest absolute Gasteiger partial charge is 0.468 e. The third-order valence-electron chi connectivity index (χ3n) is 3.61. The Labute approximate surface area is 106 Å². The first-order valence-corrected chi connectivity index (χ1v) is 6.38. The molecule has 0 fully saturated rings. The fraction of sp³-hybridized carbons (Fsp3) is 0.923. The van der Waals surface area contributed by atoms with Crippen molar-refractivity contribution in [3.05, 3.63) is 0 Å². The molecule has 0 aliphatic carbocycles. The highest BCUT2D eigenvalue weighted by molar-refractivity contribution is 5.80. The molecule has 0 saturated heterocycles. The van der Waals surface area contributed by atoms with Crippen molar-refractivity contribution in [2.45, 2.75) is 51.6 Å². The van der Waals surface area contributed by atoms with Crippen molar-refractivity contribution in [3.8, 4) is 0 Å². The zero-order chi connectivity index (χ0) is 13.5. The Bertz CT molecular complexity index is 233. The number of hydrogen-bond donors (Lipinski definition) is 1. The van der Waals surface area contributed by atoms with Gasteiger partial charge >= 0.3 is 5.97 Å². The minimum Gasteiger partial charge on any atom is -0.468 e. The maximum absolute atomic E-state index is 11.7. The van der Waals surface area contributed by atoms with Crippen LogP contribution in [0, 0.1) is 0 Å². The molecule has 1 N–H and O–H groups in total. The first kappa shape index (κ1) is 16.4. The van der Waals surface area contributed by atoms with Gasteiger partial charge in [0, 0.05) is 12.6 Å². The topological polar surface area (TPSA) is 41.6 Å². The van der Waals surface area contributed by atoms with E-state index in [1.807, 2.05) is 6.92 Å². The summed E-state index contributed by atoms with van der Waals surface area (Å²) in [5.74, 6) is -0.198. The molecule has 0 aromatic carbocycles. The molecule has 0 spiro atoms. The Hall–Kier alpha value is -0.610. The van der Waals surface area contributed by atoms with Gasteiger partial charge in [0.25, 0.3) is 0 Å². The van der Waals surface area contributed by atoms with Crippen molar-refractivity contribution >= 4 is 5.97 Å². The lowest BCUT2D eigenvalue weighted by atomic mass is 9.97. The third kappa shape index (κ3) is 5.04. The second-order valence-electron chi connectivity index (χ2n) is 4.94. The van der Waals surface area contributed by atoms with Crippen LogP contribution in [0.1, 0.15) is 40.0 Å². The molecule has 2 unspecified atom stereocenters. The predicted octanol–water partition coefficient (Wildman–Crippen LogP) is 1.65. The lowest BCUT2D eigenvalue weighted by Gasteiger charge is -2.31. The Morgan fingerprint density at radius 3 is 2.53 bits per heavy atom. The Morgan fingerprint density at radius 1 is 1.53 bits per heavy atom. The van der Waals surface area contributed by atoms with Gasteiger partial charge in [0.1, 0.15) is 5.54 Å². The van der Waals surface area contributed by atoms with Gasteiger partial charge in [-0.15, -0.1) is 0 Å². The summed E-state index contributed by atoms with van der Waals surface area (Å²) >= 11 is 0. The Balaban J connectivity index is 4.27. The van der Waals surface area contributed by atoms with Gasteiger partial charge < -0.3 is 15.0 Å². The molecule has 0 aromatic rings. The van der Waals surface area contributed by atoms with E-state index in [9.17, 15) is 4.79 Å². The van der Waals surface area contributed by atoms with Gasteiger partial charge in [-0.3, -0.25) is 4.79 Å². The average molecular weight is 244 g/mol. The van der Waals surface area contributed by atoms with Crippen molar-refractivity contribution in [2.24, 2.45) is 0 Å². The number of ether oxygens (including phenoxy) is 1. The zero-order valence-corrected chi connectivity index (χ0v) is 12.2. The molecule has 0 heterocycles. The van der Waals surface area contributed by atoms with Gasteiger partial charge in [-0.25, -0.2) is 0 Å². The van der Waals surface area contributed by atoms with Crippen molar-refractivity contribution in [2.75, 3.05) is 27.7 Å². The number of nitrogens with zero attached hydrogens (tertiary/aromatic N) is 1. The first-order chi connectivity index (χ1) is 7.91. The van der Waals surface area contributed by atoms with E-state index in [2.05, 4.69) is 31.1 Å². The molecule has 0 amide bonds. The summed E-state index contributed by atoms with van der Waals surface area (Å²) in [6.07, 6.45) is 3.12. The van der Waals surface area contributed by atoms with Crippen molar-refractivity contribution in [1.29, 1.82) is 0 Å². The van der Waals surface area contributed by atoms with E-state index in [0.717, 1.165) is 13.0 Å². The minimum absolute atomic E-state index is 0.198. The van der Waals surface area contributed by atoms with Gasteiger partial charge in [-0.2, -0.15) is 0 Å². The van der Waals surface area contributed by atoms with Crippen LogP contribution in [0.5, 0.6) is 0 Å². The summed E-state index contributed by atoms with van der Waals surface area (Å²) in [6, 6.07) is 0.554. The molecule has 0 rings (SSSR count). The lowest BCUT2D eigenvalue weighted by Crippen LogP contribution is -2.50. The van der Waals surface area contributed by atoms with E-state index in [0.29, 0.717) is 6.04 Å². The van der Waals surface area contributed by atoms with Crippen LogP contribution >= 0.6 is 0 Å². The number of likely N-dealkylation sites (N-methyl/N-ethyl adjacent to an activating group) is 1. The van der Waals surface area contributed by atoms with Gasteiger partial charge in [0.05, 0.1) is 7.11 Å². The molecular weight excluding hydrogens is 216 g/mol. The quantitative estimate of drug-likeness (QED) is 0.659. The highest BCUT2D eigenvalue weighted by Crippen LogP contribution is 2.13. The van der Waals surface area contributed by atoms with Gasteiger partial charge in [-0.05, 0) is 40.8 Å². The summed E-state index contributed by atoms with van der Waals surface area (Å²) < 4.78 is 4.83. The number of nitrogens with one attached hydrogen (secondary N) is 1. The van der Waals surface area contributed by atoms with Crippen LogP contribution in [0.25, 0.3) is 0 Å². The van der Waals surface area contributed by atoms with Crippen LogP contribution in [0.3, 0.4) is 0 Å². The Morgan fingerprint density at radius 2 is 2.12 bits per heavy atom. The molecule has 0 radical (unpaired) electrons. The van der Waals surface area contributed by atoms with E-state index >= 15 is 0 Å². The van der Waals surface area contributed by atoms with E-state index in [4.69, 9.17) is 4.74 Å². The molecule has 0 bridgehead atoms. The number of carbonyl (C=O) groups excluding carboxylic acids is 1. The fourth-order valence-electron chi connectivity index (χ4n) is 1.81. The summed E-state index contributed by atoms with van der Waals surface area (Å²) in [7, 11) is 5.33. The normalized spacial score (nSPS) is 16.6. The summed E-state index contributed by atoms with van der Waals surface area (Å²) in [5.41, 5.74) is -0.588. The average Bonchev–Trinajstić information content (AvgIpc) is 2.34. The summed E-state index contributed by atoms with van der Waals surface area (Å²) in [6.45, 7) is 7.18. The van der Waals surface area contributed by atoms with Gasteiger partial charge in [-0.1, -0.05) is 13.3 Å².